The number of nitrogens with zero attached hydrogens (tertiary/aromatic N) is 1. The zero-order valence-corrected chi connectivity index (χ0v) is 12.8. The highest BCUT2D eigenvalue weighted by atomic mass is 32.2. The van der Waals surface area contributed by atoms with Crippen molar-refractivity contribution in [3.8, 4) is 0 Å². The van der Waals surface area contributed by atoms with Gasteiger partial charge in [-0.15, -0.1) is 0 Å². The van der Waals surface area contributed by atoms with Gasteiger partial charge in [0, 0.05) is 12.1 Å². The first kappa shape index (κ1) is 16.4. The zero-order valence-electron chi connectivity index (χ0n) is 12.0. The number of nitrogens with one attached hydrogen (secondary N) is 1. The molecule has 0 saturated heterocycles. The van der Waals surface area contributed by atoms with E-state index in [1.54, 1.807) is 0 Å². The molecule has 0 amide bonds. The van der Waals surface area contributed by atoms with Gasteiger partial charge in [0.05, 0.1) is 22.1 Å². The average molecular weight is 352 g/mol. The number of halogens is 1. The van der Waals surface area contributed by atoms with E-state index in [9.17, 15) is 27.9 Å². The summed E-state index contributed by atoms with van der Waals surface area (Å²) < 4.78 is 45.6. The Labute approximate surface area is 136 Å². The maximum atomic E-state index is 14.0. The molecular formula is C13H10BFN2O6S. The van der Waals surface area contributed by atoms with Crippen molar-refractivity contribution in [1.82, 2.24) is 0 Å². The molecule has 1 aliphatic heterocycles. The molecule has 1 heterocycles. The number of hydrogen-bond donors (Lipinski definition) is 2. The van der Waals surface area contributed by atoms with Crippen molar-refractivity contribution in [2.45, 2.75) is 11.5 Å². The molecule has 1 aliphatic rings. The normalized spacial score (nSPS) is 13.7. The van der Waals surface area contributed by atoms with E-state index in [4.69, 9.17) is 4.65 Å². The highest BCUT2D eigenvalue weighted by molar-refractivity contribution is 7.92. The summed E-state index contributed by atoms with van der Waals surface area (Å²) in [6, 6.07) is 6.40. The first-order chi connectivity index (χ1) is 11.3. The second-order valence-corrected chi connectivity index (χ2v) is 6.73. The van der Waals surface area contributed by atoms with Gasteiger partial charge >= 0.3 is 7.12 Å². The van der Waals surface area contributed by atoms with Crippen LogP contribution in [0.4, 0.5) is 15.8 Å². The minimum Gasteiger partial charge on any atom is -0.423 e. The predicted molar refractivity (Wildman–Crippen MR) is 82.7 cm³/mol. The van der Waals surface area contributed by atoms with Crippen molar-refractivity contribution >= 4 is 34.0 Å². The molecule has 24 heavy (non-hydrogen) atoms. The summed E-state index contributed by atoms with van der Waals surface area (Å²) in [6.45, 7) is 0.0306. The van der Waals surface area contributed by atoms with E-state index in [0.29, 0.717) is 5.56 Å². The number of nitro benzene ring substituents is 1. The maximum Gasteiger partial charge on any atom is 0.491 e. The van der Waals surface area contributed by atoms with Crippen LogP contribution in [0.1, 0.15) is 5.56 Å². The molecule has 0 atom stereocenters. The van der Waals surface area contributed by atoms with Crippen molar-refractivity contribution in [3.05, 3.63) is 57.9 Å². The van der Waals surface area contributed by atoms with Crippen LogP contribution in [0.25, 0.3) is 0 Å². The van der Waals surface area contributed by atoms with Crippen LogP contribution in [0.2, 0.25) is 0 Å². The van der Waals surface area contributed by atoms with Crippen LogP contribution >= 0.6 is 0 Å². The highest BCUT2D eigenvalue weighted by Gasteiger charge is 2.29. The van der Waals surface area contributed by atoms with Crippen molar-refractivity contribution in [1.29, 1.82) is 0 Å². The van der Waals surface area contributed by atoms with E-state index in [2.05, 4.69) is 4.72 Å². The van der Waals surface area contributed by atoms with Gasteiger partial charge in [-0.25, -0.2) is 12.8 Å². The van der Waals surface area contributed by atoms with Gasteiger partial charge < -0.3 is 9.68 Å². The van der Waals surface area contributed by atoms with Gasteiger partial charge in [0.1, 0.15) is 5.82 Å². The van der Waals surface area contributed by atoms with Crippen LogP contribution in [0.15, 0.2) is 41.3 Å². The smallest absolute Gasteiger partial charge is 0.423 e. The van der Waals surface area contributed by atoms with Gasteiger partial charge in [0.15, 0.2) is 0 Å². The first-order valence-corrected chi connectivity index (χ1v) is 8.15. The summed E-state index contributed by atoms with van der Waals surface area (Å²) in [5.74, 6) is -0.822. The highest BCUT2D eigenvalue weighted by Crippen LogP contribution is 2.23. The van der Waals surface area contributed by atoms with E-state index in [1.165, 1.54) is 0 Å². The van der Waals surface area contributed by atoms with Crippen molar-refractivity contribution < 1.29 is 27.4 Å². The lowest BCUT2D eigenvalue weighted by Crippen LogP contribution is -2.29. The lowest BCUT2D eigenvalue weighted by molar-refractivity contribution is -0.384. The fourth-order valence-electron chi connectivity index (χ4n) is 2.27. The van der Waals surface area contributed by atoms with Crippen LogP contribution in [0, 0.1) is 15.9 Å². The molecule has 0 aromatic heterocycles. The number of fused-ring (bicyclic) bond motifs is 1. The summed E-state index contributed by atoms with van der Waals surface area (Å²) in [4.78, 5) is 9.67. The number of non-ortho nitro benzene ring substituents is 1. The fourth-order valence-corrected chi connectivity index (χ4v) is 3.33. The molecule has 8 nitrogen and oxygen atoms in total. The molecule has 0 spiro atoms. The second kappa shape index (κ2) is 5.85. The number of anilines is 1. The summed E-state index contributed by atoms with van der Waals surface area (Å²) in [6.07, 6.45) is 0. The SMILES string of the molecule is O=[N+]([O-])c1ccc(S(=O)(=O)Nc2cc3c(cc2F)COB3O)cc1. The van der Waals surface area contributed by atoms with Crippen molar-refractivity contribution in [3.63, 3.8) is 0 Å². The quantitative estimate of drug-likeness (QED) is 0.476. The minimum absolute atomic E-state index is 0.0306. The Kier molecular flexibility index (Phi) is 3.99. The van der Waals surface area contributed by atoms with Crippen LogP contribution in [-0.4, -0.2) is 25.5 Å². The minimum atomic E-state index is -4.15. The lowest BCUT2D eigenvalue weighted by atomic mass is 9.79. The first-order valence-electron chi connectivity index (χ1n) is 6.67. The van der Waals surface area contributed by atoms with Crippen LogP contribution < -0.4 is 10.2 Å². The molecule has 0 fully saturated rings. The number of nitro groups is 1. The molecule has 124 valence electrons. The largest absolute Gasteiger partial charge is 0.491 e. The van der Waals surface area contributed by atoms with Crippen LogP contribution in [-0.2, 0) is 21.3 Å². The Morgan fingerprint density at radius 1 is 1.29 bits per heavy atom. The topological polar surface area (TPSA) is 119 Å². The molecule has 2 N–H and O–H groups in total. The van der Waals surface area contributed by atoms with E-state index in [0.717, 1.165) is 36.4 Å². The molecule has 0 aliphatic carbocycles. The molecule has 0 saturated carbocycles. The standard InChI is InChI=1S/C13H10BFN2O6S/c15-12-5-8-7-23-14(18)11(8)6-13(12)16-24(21,22)10-3-1-9(2-4-10)17(19)20/h1-6,16,18H,7H2. The maximum absolute atomic E-state index is 14.0. The summed E-state index contributed by atoms with van der Waals surface area (Å²) >= 11 is 0. The summed E-state index contributed by atoms with van der Waals surface area (Å²) in [5, 5.41) is 20.2. The molecule has 3 rings (SSSR count). The molecule has 11 heteroatoms. The average Bonchev–Trinajstić information content (AvgIpc) is 2.88. The van der Waals surface area contributed by atoms with E-state index in [1.807, 2.05) is 0 Å². The molecular weight excluding hydrogens is 342 g/mol. The van der Waals surface area contributed by atoms with Crippen LogP contribution in [0.3, 0.4) is 0 Å². The van der Waals surface area contributed by atoms with Crippen LogP contribution in [0.5, 0.6) is 0 Å². The summed E-state index contributed by atoms with van der Waals surface area (Å²) in [5.41, 5.74) is 0.0886. The Bertz CT molecular complexity index is 919. The molecule has 2 aromatic rings. The number of benzene rings is 2. The van der Waals surface area contributed by atoms with Crippen molar-refractivity contribution in [2.75, 3.05) is 4.72 Å². The molecule has 0 bridgehead atoms. The van der Waals surface area contributed by atoms with Gasteiger partial charge in [-0.3, -0.25) is 14.8 Å². The Morgan fingerprint density at radius 3 is 2.58 bits per heavy atom. The van der Waals surface area contributed by atoms with Gasteiger partial charge in [0.25, 0.3) is 15.7 Å². The number of rotatable bonds is 4. The molecule has 2 aromatic carbocycles. The Balaban J connectivity index is 1.92. The Morgan fingerprint density at radius 2 is 1.96 bits per heavy atom. The van der Waals surface area contributed by atoms with Gasteiger partial charge in [0.2, 0.25) is 0 Å². The third-order valence-corrected chi connectivity index (χ3v) is 4.88. The second-order valence-electron chi connectivity index (χ2n) is 5.05. The third kappa shape index (κ3) is 2.96. The molecule has 0 radical (unpaired) electrons. The van der Waals surface area contributed by atoms with E-state index in [-0.39, 0.29) is 28.3 Å². The molecule has 0 unspecified atom stereocenters. The number of hydrogen-bond acceptors (Lipinski definition) is 6. The van der Waals surface area contributed by atoms with Crippen molar-refractivity contribution in [2.24, 2.45) is 0 Å². The zero-order chi connectivity index (χ0) is 17.5. The third-order valence-electron chi connectivity index (χ3n) is 3.49. The van der Waals surface area contributed by atoms with Gasteiger partial charge in [-0.05, 0) is 35.3 Å². The predicted octanol–water partition coefficient (Wildman–Crippen LogP) is 0.752. The van der Waals surface area contributed by atoms with E-state index >= 15 is 0 Å². The number of sulfonamides is 1. The van der Waals surface area contributed by atoms with Gasteiger partial charge in [-0.2, -0.15) is 0 Å². The fraction of sp³-hybridized carbons (Fsp3) is 0.0769. The lowest BCUT2D eigenvalue weighted by Gasteiger charge is -2.10. The van der Waals surface area contributed by atoms with Gasteiger partial charge in [-0.1, -0.05) is 0 Å². The Hall–Kier alpha value is -2.50. The van der Waals surface area contributed by atoms with E-state index < -0.39 is 27.9 Å². The monoisotopic (exact) mass is 352 g/mol. The summed E-state index contributed by atoms with van der Waals surface area (Å²) in [7, 11) is -5.40.